The van der Waals surface area contributed by atoms with Gasteiger partial charge in [0.1, 0.15) is 0 Å². The molecule has 0 saturated heterocycles. The van der Waals surface area contributed by atoms with Crippen LogP contribution in [-0.2, 0) is 4.79 Å². The summed E-state index contributed by atoms with van der Waals surface area (Å²) in [5, 5.41) is 0. The number of aliphatic imine (C=N–C) groups is 1. The first-order chi connectivity index (χ1) is 12.7. The molecule has 5 aliphatic rings. The monoisotopic (exact) mass is 353 g/mol. The Morgan fingerprint density at radius 1 is 1.15 bits per heavy atom. The van der Waals surface area contributed by atoms with Crippen LogP contribution in [0.3, 0.4) is 0 Å². The molecule has 142 valence electrons. The molecule has 4 fully saturated rings. The van der Waals surface area contributed by atoms with Gasteiger partial charge < -0.3 is 4.99 Å². The zero-order valence-electron chi connectivity index (χ0n) is 16.6. The summed E-state index contributed by atoms with van der Waals surface area (Å²) in [4.78, 5) is 16.5. The van der Waals surface area contributed by atoms with Crippen LogP contribution in [0.1, 0.15) is 71.1 Å². The SMILES string of the molecule is CCC12CCC3C4CCC(=O)C=C4CC(C4CC4)C3C1CCC2C=NC. The molecular formula is C24H35NO. The molecule has 7 unspecified atom stereocenters. The first kappa shape index (κ1) is 17.2. The summed E-state index contributed by atoms with van der Waals surface area (Å²) in [5.74, 6) is 6.42. The summed E-state index contributed by atoms with van der Waals surface area (Å²) in [7, 11) is 1.96. The van der Waals surface area contributed by atoms with Crippen molar-refractivity contribution in [3.8, 4) is 0 Å². The second kappa shape index (κ2) is 6.31. The van der Waals surface area contributed by atoms with Crippen LogP contribution >= 0.6 is 0 Å². The number of rotatable bonds is 3. The van der Waals surface area contributed by atoms with Gasteiger partial charge in [0, 0.05) is 19.7 Å². The Balaban J connectivity index is 1.53. The summed E-state index contributed by atoms with van der Waals surface area (Å²) >= 11 is 0. The zero-order valence-corrected chi connectivity index (χ0v) is 16.6. The van der Waals surface area contributed by atoms with Crippen molar-refractivity contribution < 1.29 is 4.79 Å². The summed E-state index contributed by atoms with van der Waals surface area (Å²) in [6.07, 6.45) is 17.4. The molecular weight excluding hydrogens is 318 g/mol. The van der Waals surface area contributed by atoms with Crippen LogP contribution in [0.2, 0.25) is 0 Å². The highest BCUT2D eigenvalue weighted by molar-refractivity contribution is 5.91. The third-order valence-corrected chi connectivity index (χ3v) is 9.39. The summed E-state index contributed by atoms with van der Waals surface area (Å²) in [6, 6.07) is 0. The molecule has 0 aromatic carbocycles. The van der Waals surface area contributed by atoms with E-state index in [-0.39, 0.29) is 0 Å². The average Bonchev–Trinajstić information content (AvgIpc) is 3.43. The fourth-order valence-corrected chi connectivity index (χ4v) is 8.25. The largest absolute Gasteiger partial charge is 0.301 e. The van der Waals surface area contributed by atoms with E-state index in [9.17, 15) is 4.79 Å². The number of nitrogens with zero attached hydrogens (tertiary/aromatic N) is 1. The van der Waals surface area contributed by atoms with Crippen molar-refractivity contribution in [1.82, 2.24) is 0 Å². The van der Waals surface area contributed by atoms with Gasteiger partial charge in [0.2, 0.25) is 0 Å². The first-order valence-electron chi connectivity index (χ1n) is 11.3. The van der Waals surface area contributed by atoms with Crippen LogP contribution in [-0.4, -0.2) is 19.0 Å². The maximum absolute atomic E-state index is 12.1. The molecule has 5 aliphatic carbocycles. The molecule has 2 nitrogen and oxygen atoms in total. The van der Waals surface area contributed by atoms with E-state index in [0.29, 0.717) is 17.1 Å². The van der Waals surface area contributed by atoms with Gasteiger partial charge in [-0.25, -0.2) is 0 Å². The number of hydrogen-bond donors (Lipinski definition) is 0. The van der Waals surface area contributed by atoms with Crippen LogP contribution in [0.4, 0.5) is 0 Å². The molecule has 4 saturated carbocycles. The molecule has 0 aromatic rings. The van der Waals surface area contributed by atoms with E-state index in [1.165, 1.54) is 51.4 Å². The predicted octanol–water partition coefficient (Wildman–Crippen LogP) is 5.47. The highest BCUT2D eigenvalue weighted by Crippen LogP contribution is 2.68. The van der Waals surface area contributed by atoms with Gasteiger partial charge in [0.25, 0.3) is 0 Å². The maximum atomic E-state index is 12.1. The predicted molar refractivity (Wildman–Crippen MR) is 106 cm³/mol. The highest BCUT2D eigenvalue weighted by atomic mass is 16.1. The normalized spacial score (nSPS) is 48.1. The smallest absolute Gasteiger partial charge is 0.155 e. The second-order valence-electron chi connectivity index (χ2n) is 10.1. The van der Waals surface area contributed by atoms with Crippen molar-refractivity contribution in [3.05, 3.63) is 11.6 Å². The van der Waals surface area contributed by atoms with Gasteiger partial charge in [-0.2, -0.15) is 0 Å². The number of hydrogen-bond acceptors (Lipinski definition) is 2. The Morgan fingerprint density at radius 2 is 2.00 bits per heavy atom. The van der Waals surface area contributed by atoms with E-state index < -0.39 is 0 Å². The van der Waals surface area contributed by atoms with Crippen molar-refractivity contribution in [2.24, 2.45) is 51.8 Å². The van der Waals surface area contributed by atoms with Gasteiger partial charge in [-0.1, -0.05) is 12.5 Å². The average molecular weight is 354 g/mol. The van der Waals surface area contributed by atoms with Crippen molar-refractivity contribution in [3.63, 3.8) is 0 Å². The van der Waals surface area contributed by atoms with E-state index in [1.54, 1.807) is 5.57 Å². The second-order valence-corrected chi connectivity index (χ2v) is 10.1. The van der Waals surface area contributed by atoms with E-state index in [1.807, 2.05) is 7.05 Å². The molecule has 0 aliphatic heterocycles. The molecule has 7 atom stereocenters. The number of carbonyl (C=O) groups excluding carboxylic acids is 1. The van der Waals surface area contributed by atoms with E-state index in [4.69, 9.17) is 0 Å². The number of fused-ring (bicyclic) bond motifs is 5. The molecule has 26 heavy (non-hydrogen) atoms. The third kappa shape index (κ3) is 2.43. The van der Waals surface area contributed by atoms with Crippen molar-refractivity contribution in [2.45, 2.75) is 71.1 Å². The Labute approximate surface area is 158 Å². The molecule has 0 amide bonds. The van der Waals surface area contributed by atoms with Gasteiger partial charge in [-0.3, -0.25) is 4.79 Å². The lowest BCUT2D eigenvalue weighted by Gasteiger charge is -2.57. The minimum atomic E-state index is 0.406. The van der Waals surface area contributed by atoms with Gasteiger partial charge in [-0.05, 0) is 111 Å². The van der Waals surface area contributed by atoms with E-state index in [2.05, 4.69) is 24.2 Å². The Hall–Kier alpha value is -0.920. The summed E-state index contributed by atoms with van der Waals surface area (Å²) in [5.41, 5.74) is 2.09. The molecule has 5 rings (SSSR count). The van der Waals surface area contributed by atoms with Crippen LogP contribution in [0.5, 0.6) is 0 Å². The number of ketones is 1. The van der Waals surface area contributed by atoms with E-state index in [0.717, 1.165) is 48.3 Å². The topological polar surface area (TPSA) is 29.4 Å². The Bertz CT molecular complexity index is 645. The molecule has 0 spiro atoms. The first-order valence-corrected chi connectivity index (χ1v) is 11.3. The highest BCUT2D eigenvalue weighted by Gasteiger charge is 2.60. The van der Waals surface area contributed by atoms with Crippen molar-refractivity contribution in [1.29, 1.82) is 0 Å². The lowest BCUT2D eigenvalue weighted by molar-refractivity contribution is -0.116. The van der Waals surface area contributed by atoms with Crippen LogP contribution in [0.15, 0.2) is 16.6 Å². The van der Waals surface area contributed by atoms with Crippen molar-refractivity contribution in [2.75, 3.05) is 7.05 Å². The van der Waals surface area contributed by atoms with Gasteiger partial charge in [-0.15, -0.1) is 0 Å². The van der Waals surface area contributed by atoms with Crippen LogP contribution in [0.25, 0.3) is 0 Å². The van der Waals surface area contributed by atoms with Crippen molar-refractivity contribution >= 4 is 12.0 Å². The minimum absolute atomic E-state index is 0.406. The Morgan fingerprint density at radius 3 is 2.73 bits per heavy atom. The number of allylic oxidation sites excluding steroid dienone is 1. The lowest BCUT2D eigenvalue weighted by Crippen LogP contribution is -2.51. The van der Waals surface area contributed by atoms with E-state index >= 15 is 0 Å². The molecule has 0 N–H and O–H groups in total. The lowest BCUT2D eigenvalue weighted by atomic mass is 9.47. The molecule has 0 heterocycles. The van der Waals surface area contributed by atoms with Crippen LogP contribution in [0, 0.1) is 46.8 Å². The molecule has 0 bridgehead atoms. The fourth-order valence-electron chi connectivity index (χ4n) is 8.25. The zero-order chi connectivity index (χ0) is 17.9. The maximum Gasteiger partial charge on any atom is 0.155 e. The van der Waals surface area contributed by atoms with Gasteiger partial charge >= 0.3 is 0 Å². The number of carbonyl (C=O) groups is 1. The molecule has 0 radical (unpaired) electrons. The molecule has 0 aromatic heterocycles. The molecule has 2 heteroatoms. The van der Waals surface area contributed by atoms with Gasteiger partial charge in [0.05, 0.1) is 0 Å². The minimum Gasteiger partial charge on any atom is -0.301 e. The Kier molecular flexibility index (Phi) is 4.17. The fraction of sp³-hybridized carbons (Fsp3) is 0.833. The summed E-state index contributed by atoms with van der Waals surface area (Å²) in [6.45, 7) is 2.45. The quantitative estimate of drug-likeness (QED) is 0.619. The van der Waals surface area contributed by atoms with Crippen LogP contribution < -0.4 is 0 Å². The third-order valence-electron chi connectivity index (χ3n) is 9.39. The van der Waals surface area contributed by atoms with Gasteiger partial charge in [0.15, 0.2) is 5.78 Å². The summed E-state index contributed by atoms with van der Waals surface area (Å²) < 4.78 is 0. The standard InChI is InChI=1S/C24H35NO/c1-3-24-11-10-20-19-8-7-18(26)12-16(19)13-21(15-4-5-15)23(20)22(24)9-6-17(24)14-25-2/h12,14-15,17,19-23H,3-11,13H2,1-2H3.